The van der Waals surface area contributed by atoms with Crippen LogP contribution in [0.1, 0.15) is 60.0 Å². The molecule has 0 radical (unpaired) electrons. The molecule has 178 valence electrons. The van der Waals surface area contributed by atoms with E-state index >= 15 is 0 Å². The molecule has 1 amide bonds. The number of allylic oxidation sites excluding steroid dienone is 1. The minimum Gasteiger partial charge on any atom is -0.465 e. The number of carbonyl (C=O) groups is 3. The van der Waals surface area contributed by atoms with Gasteiger partial charge in [0.25, 0.3) is 0 Å². The summed E-state index contributed by atoms with van der Waals surface area (Å²) in [4.78, 5) is 39.4. The summed E-state index contributed by atoms with van der Waals surface area (Å²) >= 11 is 6.07. The number of ketones is 1. The Morgan fingerprint density at radius 3 is 2.41 bits per heavy atom. The van der Waals surface area contributed by atoms with Crippen LogP contribution in [0.25, 0.3) is 0 Å². The third-order valence-corrected chi connectivity index (χ3v) is 7.44. The third-order valence-electron chi connectivity index (χ3n) is 7.19. The van der Waals surface area contributed by atoms with E-state index in [2.05, 4.69) is 0 Å². The van der Waals surface area contributed by atoms with Gasteiger partial charge in [0.2, 0.25) is 5.91 Å². The minimum atomic E-state index is -0.490. The molecular formula is C28H30ClNO4. The fourth-order valence-electron chi connectivity index (χ4n) is 5.20. The molecule has 34 heavy (non-hydrogen) atoms. The van der Waals surface area contributed by atoms with Crippen LogP contribution in [0.3, 0.4) is 0 Å². The predicted molar refractivity (Wildman–Crippen MR) is 132 cm³/mol. The molecule has 1 aliphatic carbocycles. The SMILES string of the molecule is COC(=O)c1ccc(CCN2C(=O)CC[C@@H]2C=CC(=O)C2(c3ccc(Cl)cc3)CCCC2)cc1. The monoisotopic (exact) mass is 479 g/mol. The maximum absolute atomic E-state index is 13.4. The summed E-state index contributed by atoms with van der Waals surface area (Å²) in [6.07, 6.45) is 9.27. The number of esters is 1. The molecular weight excluding hydrogens is 450 g/mol. The molecule has 1 saturated carbocycles. The summed E-state index contributed by atoms with van der Waals surface area (Å²) in [5.74, 6) is -0.138. The summed E-state index contributed by atoms with van der Waals surface area (Å²) in [6.45, 7) is 0.571. The van der Waals surface area contributed by atoms with Crippen molar-refractivity contribution in [2.45, 2.75) is 56.4 Å². The van der Waals surface area contributed by atoms with E-state index in [0.29, 0.717) is 30.0 Å². The van der Waals surface area contributed by atoms with Crippen LogP contribution in [-0.4, -0.2) is 42.3 Å². The van der Waals surface area contributed by atoms with Crippen LogP contribution in [0, 0.1) is 0 Å². The molecule has 1 heterocycles. The summed E-state index contributed by atoms with van der Waals surface area (Å²) < 4.78 is 4.74. The highest BCUT2D eigenvalue weighted by Crippen LogP contribution is 2.42. The first-order valence-electron chi connectivity index (χ1n) is 11.9. The Morgan fingerprint density at radius 1 is 1.09 bits per heavy atom. The number of likely N-dealkylation sites (tertiary alicyclic amines) is 1. The zero-order valence-corrected chi connectivity index (χ0v) is 20.2. The Bertz CT molecular complexity index is 1070. The van der Waals surface area contributed by atoms with E-state index < -0.39 is 5.41 Å². The fourth-order valence-corrected chi connectivity index (χ4v) is 5.33. The second-order valence-electron chi connectivity index (χ2n) is 9.15. The van der Waals surface area contributed by atoms with E-state index in [4.69, 9.17) is 16.3 Å². The van der Waals surface area contributed by atoms with E-state index in [1.54, 1.807) is 18.2 Å². The number of methoxy groups -OCH3 is 1. The van der Waals surface area contributed by atoms with Gasteiger partial charge in [-0.1, -0.05) is 54.8 Å². The molecule has 1 atom stereocenters. The average Bonchev–Trinajstić information content (AvgIpc) is 3.49. The first kappa shape index (κ1) is 24.2. The smallest absolute Gasteiger partial charge is 0.337 e. The lowest BCUT2D eigenvalue weighted by atomic mass is 9.75. The molecule has 6 heteroatoms. The highest BCUT2D eigenvalue weighted by molar-refractivity contribution is 6.30. The van der Waals surface area contributed by atoms with Gasteiger partial charge in [-0.05, 0) is 67.2 Å². The van der Waals surface area contributed by atoms with Crippen LogP contribution in [0.4, 0.5) is 0 Å². The highest BCUT2D eigenvalue weighted by atomic mass is 35.5. The van der Waals surface area contributed by atoms with Gasteiger partial charge in [-0.2, -0.15) is 0 Å². The Hall–Kier alpha value is -2.92. The highest BCUT2D eigenvalue weighted by Gasteiger charge is 2.41. The molecule has 1 aliphatic heterocycles. The van der Waals surface area contributed by atoms with Crippen molar-refractivity contribution in [2.24, 2.45) is 0 Å². The molecule has 0 N–H and O–H groups in total. The molecule has 0 unspecified atom stereocenters. The zero-order valence-electron chi connectivity index (χ0n) is 19.5. The number of hydrogen-bond donors (Lipinski definition) is 0. The van der Waals surface area contributed by atoms with E-state index in [-0.39, 0.29) is 23.7 Å². The maximum Gasteiger partial charge on any atom is 0.337 e. The molecule has 2 aromatic carbocycles. The number of benzene rings is 2. The van der Waals surface area contributed by atoms with Crippen LogP contribution >= 0.6 is 11.6 Å². The summed E-state index contributed by atoms with van der Waals surface area (Å²) in [5, 5.41) is 0.667. The van der Waals surface area contributed by atoms with Crippen LogP contribution in [-0.2, 0) is 26.2 Å². The number of rotatable bonds is 8. The Labute approximate surface area is 205 Å². The number of carbonyl (C=O) groups excluding carboxylic acids is 3. The maximum atomic E-state index is 13.4. The summed E-state index contributed by atoms with van der Waals surface area (Å²) in [6, 6.07) is 14.8. The second-order valence-corrected chi connectivity index (χ2v) is 9.59. The lowest BCUT2D eigenvalue weighted by Gasteiger charge is -2.27. The average molecular weight is 480 g/mol. The lowest BCUT2D eigenvalue weighted by molar-refractivity contribution is -0.128. The van der Waals surface area contributed by atoms with Crippen LogP contribution < -0.4 is 0 Å². The van der Waals surface area contributed by atoms with Crippen LogP contribution in [0.2, 0.25) is 5.02 Å². The van der Waals surface area contributed by atoms with Gasteiger partial charge in [-0.3, -0.25) is 9.59 Å². The van der Waals surface area contributed by atoms with Crippen molar-refractivity contribution < 1.29 is 19.1 Å². The first-order chi connectivity index (χ1) is 16.4. The van der Waals surface area contributed by atoms with E-state index in [1.165, 1.54) is 7.11 Å². The molecule has 1 saturated heterocycles. The molecule has 0 spiro atoms. The third kappa shape index (κ3) is 5.10. The van der Waals surface area contributed by atoms with Crippen molar-refractivity contribution >= 4 is 29.3 Å². The van der Waals surface area contributed by atoms with Gasteiger partial charge in [0.1, 0.15) is 0 Å². The van der Waals surface area contributed by atoms with Crippen LogP contribution in [0.15, 0.2) is 60.7 Å². The summed E-state index contributed by atoms with van der Waals surface area (Å²) in [7, 11) is 1.36. The van der Waals surface area contributed by atoms with Crippen molar-refractivity contribution in [1.82, 2.24) is 4.90 Å². The number of ether oxygens (including phenoxy) is 1. The van der Waals surface area contributed by atoms with Crippen molar-refractivity contribution in [3.63, 3.8) is 0 Å². The van der Waals surface area contributed by atoms with E-state index in [0.717, 1.165) is 43.2 Å². The Morgan fingerprint density at radius 2 is 1.76 bits per heavy atom. The topological polar surface area (TPSA) is 63.7 Å². The second kappa shape index (κ2) is 10.6. The number of hydrogen-bond acceptors (Lipinski definition) is 4. The van der Waals surface area contributed by atoms with Gasteiger partial charge in [-0.25, -0.2) is 4.79 Å². The van der Waals surface area contributed by atoms with Gasteiger partial charge in [-0.15, -0.1) is 0 Å². The normalized spacial score (nSPS) is 19.6. The number of amides is 1. The first-order valence-corrected chi connectivity index (χ1v) is 12.3. The molecule has 2 aliphatic rings. The molecule has 0 aromatic heterocycles. The quantitative estimate of drug-likeness (QED) is 0.381. The molecule has 2 fully saturated rings. The fraction of sp³-hybridized carbons (Fsp3) is 0.393. The largest absolute Gasteiger partial charge is 0.465 e. The Kier molecular flexibility index (Phi) is 7.52. The Balaban J connectivity index is 1.43. The van der Waals surface area contributed by atoms with Gasteiger partial charge >= 0.3 is 5.97 Å². The van der Waals surface area contributed by atoms with E-state index in [9.17, 15) is 14.4 Å². The molecule has 2 aromatic rings. The van der Waals surface area contributed by atoms with E-state index in [1.807, 2.05) is 47.4 Å². The number of halogens is 1. The van der Waals surface area contributed by atoms with Gasteiger partial charge in [0.05, 0.1) is 24.1 Å². The van der Waals surface area contributed by atoms with Crippen molar-refractivity contribution in [1.29, 1.82) is 0 Å². The minimum absolute atomic E-state index is 0.0746. The molecule has 5 nitrogen and oxygen atoms in total. The van der Waals surface area contributed by atoms with Gasteiger partial charge in [0, 0.05) is 18.0 Å². The predicted octanol–water partition coefficient (Wildman–Crippen LogP) is 5.30. The van der Waals surface area contributed by atoms with Crippen molar-refractivity contribution in [2.75, 3.05) is 13.7 Å². The lowest BCUT2D eigenvalue weighted by Crippen LogP contribution is -2.35. The van der Waals surface area contributed by atoms with Gasteiger partial charge in [0.15, 0.2) is 5.78 Å². The van der Waals surface area contributed by atoms with Crippen LogP contribution in [0.5, 0.6) is 0 Å². The molecule has 4 rings (SSSR count). The number of nitrogens with zero attached hydrogens (tertiary/aromatic N) is 1. The molecule has 0 bridgehead atoms. The van der Waals surface area contributed by atoms with Crippen molar-refractivity contribution in [3.8, 4) is 0 Å². The summed E-state index contributed by atoms with van der Waals surface area (Å²) in [5.41, 5.74) is 2.08. The standard InChI is InChI=1S/C28H30ClNO4/c1-34-27(33)21-6-4-20(5-7-21)16-19-30-24(13-15-26(30)32)12-14-25(31)28(17-2-3-18-28)22-8-10-23(29)11-9-22/h4-12,14,24H,2-3,13,15-19H2,1H3/t24-/m0/s1. The van der Waals surface area contributed by atoms with Crippen molar-refractivity contribution in [3.05, 3.63) is 82.4 Å². The van der Waals surface area contributed by atoms with Gasteiger partial charge < -0.3 is 9.64 Å². The zero-order chi connectivity index (χ0) is 24.1.